The number of aryl methyl sites for hydroxylation is 3. The minimum Gasteiger partial charge on any atom is -0.444 e. The number of carbonyl (C=O) groups excluding carboxylic acids is 5. The molecule has 2 N–H and O–H groups in total. The monoisotopic (exact) mass is 1140 g/mol. The van der Waals surface area contributed by atoms with Gasteiger partial charge >= 0.3 is 42.1 Å². The van der Waals surface area contributed by atoms with Gasteiger partial charge < -0.3 is 34.5 Å². The van der Waals surface area contributed by atoms with E-state index in [1.165, 1.54) is 12.5 Å². The molecule has 3 amide bonds. The molecule has 0 fully saturated rings. The summed E-state index contributed by atoms with van der Waals surface area (Å²) >= 11 is 0. The Balaban J connectivity index is 1.52. The van der Waals surface area contributed by atoms with Crippen LogP contribution in [0.2, 0.25) is 0 Å². The summed E-state index contributed by atoms with van der Waals surface area (Å²) in [5, 5.41) is 6.61. The van der Waals surface area contributed by atoms with Crippen molar-refractivity contribution in [3.05, 3.63) is 95.6 Å². The number of alkyl halides is 7. The number of carbonyl (C=O) groups is 5. The fraction of sp³-hybridized carbons (Fsp3) is 0.509. The first-order valence-corrected chi connectivity index (χ1v) is 28.4. The normalized spacial score (nSPS) is 13.9. The molecule has 2 unspecified atom stereocenters. The maximum Gasteiger partial charge on any atom is 0.459 e. The lowest BCUT2D eigenvalue weighted by Gasteiger charge is -2.31. The summed E-state index contributed by atoms with van der Waals surface area (Å²) in [6.07, 6.45) is -2.06. The van der Waals surface area contributed by atoms with Gasteiger partial charge in [0.25, 0.3) is 0 Å². The van der Waals surface area contributed by atoms with E-state index in [9.17, 15) is 63.1 Å². The van der Waals surface area contributed by atoms with Crippen LogP contribution in [-0.2, 0) is 64.7 Å². The summed E-state index contributed by atoms with van der Waals surface area (Å²) in [5.41, 5.74) is 2.45. The van der Waals surface area contributed by atoms with Crippen LogP contribution in [0.3, 0.4) is 0 Å². The molecule has 4 aromatic rings. The third-order valence-electron chi connectivity index (χ3n) is 11.8. The Labute approximate surface area is 454 Å². The van der Waals surface area contributed by atoms with E-state index in [4.69, 9.17) is 18.9 Å². The Kier molecular flexibility index (Phi) is 22.9. The summed E-state index contributed by atoms with van der Waals surface area (Å²) in [6, 6.07) is 20.4. The highest BCUT2D eigenvalue weighted by atomic mass is 32.2. The number of hydrogen-bond acceptors (Lipinski definition) is 11. The second-order valence-electron chi connectivity index (χ2n) is 20.8. The van der Waals surface area contributed by atoms with Gasteiger partial charge in [0, 0.05) is 59.1 Å². The van der Waals surface area contributed by atoms with Crippen molar-refractivity contribution >= 4 is 62.4 Å². The first-order chi connectivity index (χ1) is 36.1. The third-order valence-corrected chi connectivity index (χ3v) is 13.4. The van der Waals surface area contributed by atoms with Crippen LogP contribution < -0.4 is 20.1 Å². The summed E-state index contributed by atoms with van der Waals surface area (Å²) in [7, 11) is -1.80. The van der Waals surface area contributed by atoms with Crippen LogP contribution >= 0.6 is 0 Å². The molecule has 0 saturated heterocycles. The van der Waals surface area contributed by atoms with Crippen LogP contribution in [0.15, 0.2) is 78.9 Å². The van der Waals surface area contributed by atoms with E-state index < -0.39 is 106 Å². The molecule has 0 radical (unpaired) electrons. The SMILES string of the molecule is CN(CC(F)(F)C(F)(F)C(F)(F)F)C(=O)CCc1ccc(CCCCCc2c(-c3ccc(OC(=O)[C@H](CCS(C)=O)NC(=O)OC(C)(C)C)cc3)ccc3cc(OC(=O)[C@H](CCS(C)=O)NC(=O)OC(C)(C)C)ccc23)cc1. The van der Waals surface area contributed by atoms with Crippen molar-refractivity contribution in [3.63, 3.8) is 0 Å². The average Bonchev–Trinajstić information content (AvgIpc) is 3.37. The van der Waals surface area contributed by atoms with Gasteiger partial charge in [0.1, 0.15) is 34.8 Å². The van der Waals surface area contributed by atoms with E-state index in [0.717, 1.165) is 52.9 Å². The van der Waals surface area contributed by atoms with Gasteiger partial charge in [0.15, 0.2) is 0 Å². The number of alkyl carbamates (subject to hydrolysis) is 2. The molecule has 4 aromatic carbocycles. The number of halogens is 7. The predicted molar refractivity (Wildman–Crippen MR) is 284 cm³/mol. The number of ether oxygens (including phenoxy) is 4. The first-order valence-electron chi connectivity index (χ1n) is 25.0. The molecule has 78 heavy (non-hydrogen) atoms. The molecule has 4 rings (SSSR count). The summed E-state index contributed by atoms with van der Waals surface area (Å²) in [5.74, 6) is -13.8. The van der Waals surface area contributed by atoms with Gasteiger partial charge in [0.2, 0.25) is 5.91 Å². The van der Waals surface area contributed by atoms with Gasteiger partial charge in [-0.3, -0.25) is 13.2 Å². The molecular formula is C55H68F7N3O11S2. The predicted octanol–water partition coefficient (Wildman–Crippen LogP) is 10.8. The molecule has 0 saturated carbocycles. The maximum absolute atomic E-state index is 13.9. The molecule has 430 valence electrons. The fourth-order valence-electron chi connectivity index (χ4n) is 7.83. The highest BCUT2D eigenvalue weighted by Crippen LogP contribution is 2.46. The Morgan fingerprint density at radius 3 is 1.56 bits per heavy atom. The molecule has 23 heteroatoms. The first kappa shape index (κ1) is 64.4. The number of esters is 2. The number of nitrogens with one attached hydrogen (secondary N) is 2. The van der Waals surface area contributed by atoms with E-state index in [0.29, 0.717) is 24.8 Å². The lowest BCUT2D eigenvalue weighted by atomic mass is 9.90. The van der Waals surface area contributed by atoms with Gasteiger partial charge in [0.05, 0.1) is 6.54 Å². The minimum atomic E-state index is -6.50. The Morgan fingerprint density at radius 2 is 1.08 bits per heavy atom. The van der Waals surface area contributed by atoms with Gasteiger partial charge in [-0.1, -0.05) is 61.0 Å². The zero-order valence-electron chi connectivity index (χ0n) is 45.0. The van der Waals surface area contributed by atoms with Crippen molar-refractivity contribution in [2.75, 3.05) is 37.6 Å². The molecule has 0 aromatic heterocycles. The number of amides is 3. The van der Waals surface area contributed by atoms with Crippen molar-refractivity contribution in [1.82, 2.24) is 15.5 Å². The van der Waals surface area contributed by atoms with Crippen molar-refractivity contribution in [1.29, 1.82) is 0 Å². The Bertz CT molecular complexity index is 2770. The molecule has 0 aliphatic heterocycles. The zero-order chi connectivity index (χ0) is 58.4. The second-order valence-corrected chi connectivity index (χ2v) is 23.9. The van der Waals surface area contributed by atoms with E-state index in [2.05, 4.69) is 10.6 Å². The lowest BCUT2D eigenvalue weighted by Crippen LogP contribution is -2.57. The summed E-state index contributed by atoms with van der Waals surface area (Å²) < 4.78 is 138. The average molecular weight is 1140 g/mol. The molecule has 0 bridgehead atoms. The highest BCUT2D eigenvalue weighted by Gasteiger charge is 2.73. The van der Waals surface area contributed by atoms with Crippen LogP contribution in [-0.4, -0.2) is 122 Å². The zero-order valence-corrected chi connectivity index (χ0v) is 46.7. The Hall–Kier alpha value is -6.10. The smallest absolute Gasteiger partial charge is 0.444 e. The van der Waals surface area contributed by atoms with Crippen molar-refractivity contribution in [2.24, 2.45) is 0 Å². The summed E-state index contributed by atoms with van der Waals surface area (Å²) in [6.45, 7) is 7.93. The second kappa shape index (κ2) is 27.7. The van der Waals surface area contributed by atoms with Gasteiger partial charge in [-0.05, 0) is 149 Å². The van der Waals surface area contributed by atoms with Crippen molar-refractivity contribution in [2.45, 2.75) is 141 Å². The molecule has 14 nitrogen and oxygen atoms in total. The Morgan fingerprint density at radius 1 is 0.603 bits per heavy atom. The molecule has 0 heterocycles. The minimum absolute atomic E-state index is 0.0280. The highest BCUT2D eigenvalue weighted by molar-refractivity contribution is 7.84. The third kappa shape index (κ3) is 20.3. The van der Waals surface area contributed by atoms with Gasteiger partial charge in [-0.2, -0.15) is 30.7 Å². The standard InChI is InChI=1S/C55H68F7N3O11S2/c1-51(2,3)75-49(69)63-44(29-31-77(8)71)47(67)73-39-23-20-37(21-24-39)41-26-22-38-33-40(74-48(68)45(30-32-78(9)72)64-50(70)76-52(4,5)6)25-27-42(38)43(41)14-12-10-11-13-35-15-17-36(18-16-35)19-28-46(66)65(7)34-53(56,57)54(58,59)55(60,61)62/h15-18,20-27,33,44-45H,10-14,19,28-32,34H2,1-9H3,(H,63,69)(H,64,70)/t44-,45-,77?,78?/m0/s1. The largest absolute Gasteiger partial charge is 0.459 e. The van der Waals surface area contributed by atoms with Gasteiger partial charge in [-0.25, -0.2) is 19.2 Å². The number of nitrogens with zero attached hydrogens (tertiary/aromatic N) is 1. The molecular weight excluding hydrogens is 1080 g/mol. The fourth-order valence-corrected chi connectivity index (χ4v) is 8.97. The van der Waals surface area contributed by atoms with E-state index in [1.54, 1.807) is 90.1 Å². The van der Waals surface area contributed by atoms with Crippen molar-refractivity contribution < 1.29 is 82.1 Å². The maximum atomic E-state index is 13.9. The van der Waals surface area contributed by atoms with Crippen LogP contribution in [0.1, 0.15) is 96.8 Å². The van der Waals surface area contributed by atoms with E-state index >= 15 is 0 Å². The molecule has 4 atom stereocenters. The number of rotatable bonds is 25. The van der Waals surface area contributed by atoms with E-state index in [1.807, 2.05) is 30.3 Å². The molecule has 0 aliphatic rings. The number of fused-ring (bicyclic) bond motifs is 1. The van der Waals surface area contributed by atoms with Crippen molar-refractivity contribution in [3.8, 4) is 22.6 Å². The quantitative estimate of drug-likeness (QED) is 0.0279. The topological polar surface area (TPSA) is 184 Å². The van der Waals surface area contributed by atoms with Crippen LogP contribution in [0.4, 0.5) is 40.3 Å². The van der Waals surface area contributed by atoms with Crippen LogP contribution in [0.25, 0.3) is 21.9 Å². The van der Waals surface area contributed by atoms with Gasteiger partial charge in [-0.15, -0.1) is 0 Å². The van der Waals surface area contributed by atoms with Crippen LogP contribution in [0, 0.1) is 0 Å². The van der Waals surface area contributed by atoms with E-state index in [-0.39, 0.29) is 47.2 Å². The summed E-state index contributed by atoms with van der Waals surface area (Å²) in [4.78, 5) is 64.7. The molecule has 0 spiro atoms. The number of hydrogen-bond donors (Lipinski definition) is 2. The number of benzene rings is 4. The number of unbranched alkanes of at least 4 members (excludes halogenated alkanes) is 2. The lowest BCUT2D eigenvalue weighted by molar-refractivity contribution is -0.355. The van der Waals surface area contributed by atoms with Crippen LogP contribution in [0.5, 0.6) is 11.5 Å². The molecule has 0 aliphatic carbocycles.